The molecule has 2 aliphatic heterocycles. The molecule has 0 radical (unpaired) electrons. The monoisotopic (exact) mass is 1390 g/mol. The number of nitrogens with one attached hydrogen (secondary N) is 2. The van der Waals surface area contributed by atoms with Crippen LogP contribution in [0, 0.1) is 13.8 Å². The minimum Gasteiger partial charge on any atom is -0.354 e. The molecular formula is C100H70N4O4. The van der Waals surface area contributed by atoms with Crippen molar-refractivity contribution in [3.8, 4) is 89.0 Å². The van der Waals surface area contributed by atoms with Crippen molar-refractivity contribution >= 4 is 67.5 Å². The molecule has 108 heavy (non-hydrogen) atoms. The van der Waals surface area contributed by atoms with E-state index < -0.39 is 0 Å². The van der Waals surface area contributed by atoms with Gasteiger partial charge in [-0.1, -0.05) is 340 Å². The van der Waals surface area contributed by atoms with E-state index in [0.29, 0.717) is 145 Å². The van der Waals surface area contributed by atoms with Gasteiger partial charge < -0.3 is 9.97 Å². The summed E-state index contributed by atoms with van der Waals surface area (Å²) in [7, 11) is 0. The smallest absolute Gasteiger partial charge is 0.195 e. The largest absolute Gasteiger partial charge is 0.354 e. The molecule has 2 N–H and O–H groups in total. The number of carbonyl (C=O) groups is 4. The van der Waals surface area contributed by atoms with Crippen LogP contribution in [-0.4, -0.2) is 43.1 Å². The molecule has 0 saturated heterocycles. The number of carbonyl (C=O) groups excluding carboxylic acids is 4. The molecule has 5 heterocycles. The number of aromatic nitrogens is 4. The van der Waals surface area contributed by atoms with Crippen LogP contribution in [0.15, 0.2) is 340 Å². The topological polar surface area (TPSA) is 126 Å². The highest BCUT2D eigenvalue weighted by molar-refractivity contribution is 6.38. The van der Waals surface area contributed by atoms with Crippen molar-refractivity contribution in [3.05, 3.63) is 407 Å². The van der Waals surface area contributed by atoms with Crippen LogP contribution >= 0.6 is 0 Å². The summed E-state index contributed by atoms with van der Waals surface area (Å²) < 4.78 is 0. The number of Topliss-reactive ketones (excluding diaryl/α,β-unsaturated/α-hetero) is 2. The van der Waals surface area contributed by atoms with Crippen molar-refractivity contribution in [2.45, 2.75) is 27.7 Å². The molecule has 3 aromatic heterocycles. The number of benzene rings is 12. The van der Waals surface area contributed by atoms with Gasteiger partial charge in [-0.3, -0.25) is 19.2 Å². The summed E-state index contributed by atoms with van der Waals surface area (Å²) in [4.78, 5) is 86.5. The Balaban J connectivity index is 1.15. The van der Waals surface area contributed by atoms with E-state index in [2.05, 4.69) is 131 Å². The van der Waals surface area contributed by atoms with E-state index in [4.69, 9.17) is 9.97 Å². The number of ketones is 4. The molecule has 0 spiro atoms. The Bertz CT molecular complexity index is 5900. The molecular weight excluding hydrogens is 1320 g/mol. The Hall–Kier alpha value is -14.1. The Labute approximate surface area is 626 Å². The third-order valence-electron chi connectivity index (χ3n) is 21.0. The summed E-state index contributed by atoms with van der Waals surface area (Å²) >= 11 is 0. The Morgan fingerprint density at radius 2 is 0.407 bits per heavy atom. The quantitative estimate of drug-likeness (QED) is 0.0928. The standard InChI is InChI=1S/C100H70N4O4/c1-61-81(97(105)77-37-21-9-22-38-77)93-87(75-57-49-71(50-58-75)67-33-17-7-18-34-67)94-83(99(107)79-41-25-11-26-42-79)63(3)91(103-94)86(74-55-47-70(48-56-74)66-31-15-6-16-32-66)92-64(4)84(100(108)80-43-27-12-28-44-80)96(104-92)88(76-59-51-72(52-60-76)68-35-19-8-20-36-68)95-82(98(106)78-39-23-10-24-40-78)62(2)90(102-95)85(89(61)101-93)73-53-45-69(46-54-73)65-29-13-5-14-30-65/h5-60,101,104H,1-4H3. The maximum atomic E-state index is 16.6. The van der Waals surface area contributed by atoms with Gasteiger partial charge in [0.1, 0.15) is 0 Å². The van der Waals surface area contributed by atoms with Gasteiger partial charge in [-0.05, 0) is 117 Å². The first-order valence-corrected chi connectivity index (χ1v) is 36.3. The van der Waals surface area contributed by atoms with Gasteiger partial charge in [-0.25, -0.2) is 9.97 Å². The van der Waals surface area contributed by atoms with E-state index in [9.17, 15) is 0 Å². The first-order valence-electron chi connectivity index (χ1n) is 36.3. The van der Waals surface area contributed by atoms with Crippen molar-refractivity contribution in [2.75, 3.05) is 0 Å². The number of allylic oxidation sites excluding steroid dienone is 4. The van der Waals surface area contributed by atoms with Crippen molar-refractivity contribution in [2.24, 2.45) is 0 Å². The van der Waals surface area contributed by atoms with Crippen LogP contribution < -0.4 is 0 Å². The molecule has 17 rings (SSSR count). The Morgan fingerprint density at radius 1 is 0.213 bits per heavy atom. The molecule has 8 heteroatoms. The second kappa shape index (κ2) is 28.5. The fourth-order valence-electron chi connectivity index (χ4n) is 15.5. The van der Waals surface area contributed by atoms with Crippen LogP contribution in [-0.2, 0) is 0 Å². The zero-order valence-electron chi connectivity index (χ0n) is 59.9. The van der Waals surface area contributed by atoms with Crippen LogP contribution in [0.3, 0.4) is 0 Å². The van der Waals surface area contributed by atoms with E-state index in [-0.39, 0.29) is 23.1 Å². The minimum absolute atomic E-state index is 0.280. The zero-order valence-corrected chi connectivity index (χ0v) is 59.9. The first-order chi connectivity index (χ1) is 52.9. The Kier molecular flexibility index (Phi) is 17.7. The SMILES string of the molecule is CC1=C(C(=O)c2ccccc2)c2nc1c(-c1ccc(-c3ccccc3)cc1)c1[nH]c(c(C(=O)c3ccccc3)c1C)c(-c1ccc(-c3ccccc3)cc1)c1nc(c(-c3ccc(-c4ccccc4)cc3)c3[nH]c(c(C(=O)c4ccccc4)c3C)c2-c2ccc(-c3ccccc3)cc2)C(C)=C1C(=O)c1ccccc1. The first kappa shape index (κ1) is 67.1. The van der Waals surface area contributed by atoms with Crippen molar-refractivity contribution < 1.29 is 19.2 Å². The highest BCUT2D eigenvalue weighted by atomic mass is 16.1. The number of aryl methyl sites for hydroxylation is 2. The fraction of sp³-hybridized carbons (Fsp3) is 0.0400. The lowest BCUT2D eigenvalue weighted by Crippen LogP contribution is -2.06. The van der Waals surface area contributed by atoms with Gasteiger partial charge in [0.05, 0.1) is 67.1 Å². The minimum atomic E-state index is -0.292. The van der Waals surface area contributed by atoms with Crippen LogP contribution in [0.1, 0.15) is 100 Å². The number of rotatable bonds is 16. The van der Waals surface area contributed by atoms with Crippen LogP contribution in [0.5, 0.6) is 0 Å². The van der Waals surface area contributed by atoms with Gasteiger partial charge in [0.2, 0.25) is 0 Å². The summed E-state index contributed by atoms with van der Waals surface area (Å²) in [5.74, 6) is -1.14. The maximum absolute atomic E-state index is 16.6. The third kappa shape index (κ3) is 12.2. The molecule has 15 aromatic rings. The molecule has 0 saturated carbocycles. The van der Waals surface area contributed by atoms with Gasteiger partial charge in [-0.2, -0.15) is 0 Å². The predicted molar refractivity (Wildman–Crippen MR) is 440 cm³/mol. The van der Waals surface area contributed by atoms with Crippen LogP contribution in [0.2, 0.25) is 0 Å². The fourth-order valence-corrected chi connectivity index (χ4v) is 15.5. The predicted octanol–water partition coefficient (Wildman–Crippen LogP) is 24.4. The molecule has 0 atom stereocenters. The zero-order chi connectivity index (χ0) is 73.5. The second-order valence-corrected chi connectivity index (χ2v) is 27.4. The number of nitrogens with zero attached hydrogens (tertiary/aromatic N) is 2. The van der Waals surface area contributed by atoms with Gasteiger partial charge in [0.15, 0.2) is 23.1 Å². The lowest BCUT2D eigenvalue weighted by molar-refractivity contribution is 0.103. The van der Waals surface area contributed by atoms with Crippen molar-refractivity contribution in [3.63, 3.8) is 0 Å². The van der Waals surface area contributed by atoms with E-state index >= 15 is 19.2 Å². The molecule has 0 aliphatic carbocycles. The summed E-state index contributed by atoms with van der Waals surface area (Å²) in [6.45, 7) is 7.85. The molecule has 514 valence electrons. The number of aromatic amines is 2. The van der Waals surface area contributed by atoms with E-state index in [0.717, 1.165) is 55.6 Å². The number of fused-ring (bicyclic) bond motifs is 8. The summed E-state index contributed by atoms with van der Waals surface area (Å²) in [6, 6.07) is 111. The lowest BCUT2D eigenvalue weighted by Gasteiger charge is -2.12. The summed E-state index contributed by atoms with van der Waals surface area (Å²) in [5, 5.41) is 0. The molecule has 8 nitrogen and oxygen atoms in total. The second-order valence-electron chi connectivity index (χ2n) is 27.4. The molecule has 0 unspecified atom stereocenters. The number of H-pyrrole nitrogens is 2. The molecule has 0 fully saturated rings. The normalized spacial score (nSPS) is 12.0. The van der Waals surface area contributed by atoms with E-state index in [1.807, 2.05) is 246 Å². The average Bonchev–Trinajstić information content (AvgIpc) is 1.56. The van der Waals surface area contributed by atoms with Crippen molar-refractivity contribution in [1.82, 2.24) is 19.9 Å². The third-order valence-corrected chi connectivity index (χ3v) is 21.0. The molecule has 2 aliphatic rings. The molecule has 0 amide bonds. The van der Waals surface area contributed by atoms with Crippen LogP contribution in [0.4, 0.5) is 0 Å². The average molecular weight is 1390 g/mol. The van der Waals surface area contributed by atoms with E-state index in [1.54, 1.807) is 0 Å². The highest BCUT2D eigenvalue weighted by Crippen LogP contribution is 2.50. The number of hydrogen-bond donors (Lipinski definition) is 2. The van der Waals surface area contributed by atoms with Gasteiger partial charge in [0.25, 0.3) is 0 Å². The highest BCUT2D eigenvalue weighted by Gasteiger charge is 2.37. The van der Waals surface area contributed by atoms with Gasteiger partial charge in [0, 0.05) is 44.5 Å². The van der Waals surface area contributed by atoms with E-state index in [1.165, 1.54) is 0 Å². The maximum Gasteiger partial charge on any atom is 0.195 e. The van der Waals surface area contributed by atoms with Gasteiger partial charge in [-0.15, -0.1) is 0 Å². The van der Waals surface area contributed by atoms with Crippen LogP contribution in [0.25, 0.3) is 133 Å². The summed E-state index contributed by atoms with van der Waals surface area (Å²) in [6.07, 6.45) is 0. The number of hydrogen-bond acceptors (Lipinski definition) is 6. The summed E-state index contributed by atoms with van der Waals surface area (Å²) in [5.41, 5.74) is 21.4. The van der Waals surface area contributed by atoms with Gasteiger partial charge >= 0.3 is 0 Å². The van der Waals surface area contributed by atoms with Crippen molar-refractivity contribution in [1.29, 1.82) is 0 Å². The molecule has 8 bridgehead atoms. The Morgan fingerprint density at radius 3 is 0.648 bits per heavy atom. The molecule has 12 aromatic carbocycles. The lowest BCUT2D eigenvalue weighted by atomic mass is 9.88.